The van der Waals surface area contributed by atoms with Gasteiger partial charge in [-0.05, 0) is 70.1 Å². The van der Waals surface area contributed by atoms with Gasteiger partial charge in [-0.1, -0.05) is 0 Å². The summed E-state index contributed by atoms with van der Waals surface area (Å²) in [6.07, 6.45) is 3.52. The number of hydroxylamine groups is 1. The number of aliphatic imine (C=N–C) groups is 2. The van der Waals surface area contributed by atoms with Crippen molar-refractivity contribution in [1.29, 1.82) is 0 Å². The Bertz CT molecular complexity index is 879. The van der Waals surface area contributed by atoms with Gasteiger partial charge in [0.05, 0.1) is 16.2 Å². The van der Waals surface area contributed by atoms with Gasteiger partial charge in [0.15, 0.2) is 17.5 Å². The van der Waals surface area contributed by atoms with Gasteiger partial charge in [-0.25, -0.2) is 19.0 Å². The SMILES string of the molecule is NC(=NC1CCC(N)CC1)Nc1nonc1C(=Nc1ccc(F)c(Br)c1)NO. The summed E-state index contributed by atoms with van der Waals surface area (Å²) in [6.45, 7) is 0. The van der Waals surface area contributed by atoms with Gasteiger partial charge < -0.3 is 16.8 Å². The molecule has 3 rings (SSSR count). The first-order valence-corrected chi connectivity index (χ1v) is 9.38. The number of amidine groups is 1. The molecule has 0 radical (unpaired) electrons. The molecule has 12 heteroatoms. The number of nitrogens with zero attached hydrogens (tertiary/aromatic N) is 4. The molecule has 1 aliphatic rings. The van der Waals surface area contributed by atoms with Crippen LogP contribution in [0.1, 0.15) is 31.4 Å². The van der Waals surface area contributed by atoms with Gasteiger partial charge in [0, 0.05) is 6.04 Å². The monoisotopic (exact) mass is 454 g/mol. The molecule has 1 saturated carbocycles. The zero-order valence-electron chi connectivity index (χ0n) is 14.8. The number of aromatic nitrogens is 2. The van der Waals surface area contributed by atoms with Crippen molar-refractivity contribution in [2.45, 2.75) is 37.8 Å². The number of hydrogen-bond acceptors (Lipinski definition) is 7. The number of hydrogen-bond donors (Lipinski definition) is 5. The van der Waals surface area contributed by atoms with E-state index in [0.29, 0.717) is 5.69 Å². The number of halogens is 2. The van der Waals surface area contributed by atoms with E-state index in [1.165, 1.54) is 18.2 Å². The van der Waals surface area contributed by atoms with Crippen LogP contribution < -0.4 is 22.3 Å². The molecule has 0 amide bonds. The van der Waals surface area contributed by atoms with Crippen molar-refractivity contribution in [3.8, 4) is 0 Å². The molecule has 1 aliphatic carbocycles. The van der Waals surface area contributed by atoms with E-state index in [1.54, 1.807) is 0 Å². The second kappa shape index (κ2) is 9.08. The molecular formula is C16H20BrFN8O2. The Hall–Kier alpha value is -2.57. The first kappa shape index (κ1) is 20.2. The van der Waals surface area contributed by atoms with Crippen LogP contribution in [0.5, 0.6) is 0 Å². The quantitative estimate of drug-likeness (QED) is 0.266. The lowest BCUT2D eigenvalue weighted by Crippen LogP contribution is -2.32. The van der Waals surface area contributed by atoms with Crippen LogP contribution in [0.2, 0.25) is 0 Å². The predicted octanol–water partition coefficient (Wildman–Crippen LogP) is 2.02. The van der Waals surface area contributed by atoms with E-state index in [4.69, 9.17) is 16.1 Å². The van der Waals surface area contributed by atoms with Crippen LogP contribution in [0.4, 0.5) is 15.9 Å². The van der Waals surface area contributed by atoms with Crippen molar-refractivity contribution < 1.29 is 14.2 Å². The van der Waals surface area contributed by atoms with Gasteiger partial charge in [-0.3, -0.25) is 10.7 Å². The van der Waals surface area contributed by atoms with Crippen molar-refractivity contribution in [3.63, 3.8) is 0 Å². The molecule has 0 aliphatic heterocycles. The standard InChI is InChI=1S/C16H20BrFN8O2/c17-11-7-10(5-6-12(11)18)21-14(24-27)13-15(26-28-25-13)23-16(20)22-9-3-1-8(19)2-4-9/h5-9,27H,1-4,19H2,(H,21,24)(H3,20,22,23,26). The molecule has 0 unspecified atom stereocenters. The summed E-state index contributed by atoms with van der Waals surface area (Å²) in [6, 6.07) is 4.40. The van der Waals surface area contributed by atoms with Crippen LogP contribution in [0.3, 0.4) is 0 Å². The van der Waals surface area contributed by atoms with Crippen molar-refractivity contribution >= 4 is 39.2 Å². The Labute approximate surface area is 168 Å². The lowest BCUT2D eigenvalue weighted by atomic mass is 9.92. The smallest absolute Gasteiger partial charge is 0.208 e. The minimum Gasteiger partial charge on any atom is -0.370 e. The maximum Gasteiger partial charge on any atom is 0.208 e. The summed E-state index contributed by atoms with van der Waals surface area (Å²) in [5.41, 5.74) is 14.2. The zero-order valence-corrected chi connectivity index (χ0v) is 16.4. The number of nitrogens with two attached hydrogens (primary N) is 2. The molecule has 28 heavy (non-hydrogen) atoms. The highest BCUT2D eigenvalue weighted by Gasteiger charge is 2.20. The normalized spacial score (nSPS) is 20.9. The fourth-order valence-corrected chi connectivity index (χ4v) is 3.19. The molecule has 0 saturated heterocycles. The third kappa shape index (κ3) is 5.03. The molecule has 7 N–H and O–H groups in total. The average Bonchev–Trinajstić information content (AvgIpc) is 3.12. The molecule has 10 nitrogen and oxygen atoms in total. The Kier molecular flexibility index (Phi) is 6.54. The number of nitrogens with one attached hydrogen (secondary N) is 2. The minimum absolute atomic E-state index is 0.0706. The maximum absolute atomic E-state index is 13.4. The highest BCUT2D eigenvalue weighted by molar-refractivity contribution is 9.10. The Morgan fingerprint density at radius 3 is 2.71 bits per heavy atom. The molecule has 0 atom stereocenters. The van der Waals surface area contributed by atoms with Crippen LogP contribution in [0.15, 0.2) is 37.3 Å². The zero-order chi connectivity index (χ0) is 20.1. The highest BCUT2D eigenvalue weighted by Crippen LogP contribution is 2.23. The predicted molar refractivity (Wildman–Crippen MR) is 105 cm³/mol. The van der Waals surface area contributed by atoms with Gasteiger partial charge >= 0.3 is 0 Å². The molecule has 0 bridgehead atoms. The van der Waals surface area contributed by atoms with Crippen molar-refractivity contribution in [1.82, 2.24) is 15.8 Å². The van der Waals surface area contributed by atoms with Crippen LogP contribution in [-0.2, 0) is 0 Å². The van der Waals surface area contributed by atoms with E-state index >= 15 is 0 Å². The van der Waals surface area contributed by atoms with Crippen LogP contribution >= 0.6 is 15.9 Å². The molecule has 1 aromatic heterocycles. The molecule has 2 aromatic rings. The lowest BCUT2D eigenvalue weighted by Gasteiger charge is -2.23. The number of anilines is 1. The molecular weight excluding hydrogens is 435 g/mol. The second-order valence-electron chi connectivity index (χ2n) is 6.34. The van der Waals surface area contributed by atoms with Gasteiger partial charge in [0.25, 0.3) is 0 Å². The van der Waals surface area contributed by atoms with Gasteiger partial charge in [0.1, 0.15) is 5.82 Å². The maximum atomic E-state index is 13.4. The third-order valence-electron chi connectivity index (χ3n) is 4.27. The molecule has 1 fully saturated rings. The van der Waals surface area contributed by atoms with Crippen LogP contribution in [-0.4, -0.2) is 39.4 Å². The van der Waals surface area contributed by atoms with E-state index in [2.05, 4.69) is 41.5 Å². The van der Waals surface area contributed by atoms with Gasteiger partial charge in [-0.15, -0.1) is 0 Å². The summed E-state index contributed by atoms with van der Waals surface area (Å²) in [5, 5.41) is 19.7. The first-order chi connectivity index (χ1) is 13.5. The summed E-state index contributed by atoms with van der Waals surface area (Å²) in [5.74, 6) is -0.247. The first-order valence-electron chi connectivity index (χ1n) is 8.59. The highest BCUT2D eigenvalue weighted by atomic mass is 79.9. The fraction of sp³-hybridized carbons (Fsp3) is 0.375. The van der Waals surface area contributed by atoms with Gasteiger partial charge in [-0.2, -0.15) is 0 Å². The Morgan fingerprint density at radius 2 is 2.04 bits per heavy atom. The Morgan fingerprint density at radius 1 is 1.29 bits per heavy atom. The van der Waals surface area contributed by atoms with E-state index in [1.807, 2.05) is 5.48 Å². The summed E-state index contributed by atoms with van der Waals surface area (Å²) in [7, 11) is 0. The van der Waals surface area contributed by atoms with Crippen molar-refractivity contribution in [3.05, 3.63) is 34.2 Å². The second-order valence-corrected chi connectivity index (χ2v) is 7.19. The summed E-state index contributed by atoms with van der Waals surface area (Å²) < 4.78 is 18.3. The summed E-state index contributed by atoms with van der Waals surface area (Å²) >= 11 is 3.08. The van der Waals surface area contributed by atoms with E-state index in [9.17, 15) is 9.60 Å². The largest absolute Gasteiger partial charge is 0.370 e. The molecule has 1 aromatic carbocycles. The molecule has 0 spiro atoms. The van der Waals surface area contributed by atoms with Crippen LogP contribution in [0.25, 0.3) is 0 Å². The van der Waals surface area contributed by atoms with Gasteiger partial charge in [0.2, 0.25) is 5.82 Å². The third-order valence-corrected chi connectivity index (χ3v) is 4.88. The topological polar surface area (TPSA) is 160 Å². The van der Waals surface area contributed by atoms with Crippen molar-refractivity contribution in [2.24, 2.45) is 21.5 Å². The van der Waals surface area contributed by atoms with E-state index in [0.717, 1.165) is 25.7 Å². The fourth-order valence-electron chi connectivity index (χ4n) is 2.82. The number of guanidine groups is 1. The van der Waals surface area contributed by atoms with Crippen LogP contribution in [0, 0.1) is 5.82 Å². The number of benzene rings is 1. The molecule has 1 heterocycles. The minimum atomic E-state index is -0.435. The van der Waals surface area contributed by atoms with E-state index < -0.39 is 5.82 Å². The van der Waals surface area contributed by atoms with E-state index in [-0.39, 0.29) is 39.9 Å². The molecule has 150 valence electrons. The Balaban J connectivity index is 1.77. The lowest BCUT2D eigenvalue weighted by molar-refractivity contribution is 0.234. The summed E-state index contributed by atoms with van der Waals surface area (Å²) in [4.78, 5) is 8.60. The van der Waals surface area contributed by atoms with Crippen molar-refractivity contribution in [2.75, 3.05) is 5.32 Å². The average molecular weight is 455 g/mol. The number of rotatable bonds is 4.